The lowest BCUT2D eigenvalue weighted by Gasteiger charge is -2.14. The van der Waals surface area contributed by atoms with Crippen LogP contribution >= 0.6 is 11.8 Å². The zero-order valence-electron chi connectivity index (χ0n) is 7.29. The molecule has 0 aromatic rings. The summed E-state index contributed by atoms with van der Waals surface area (Å²) in [5.41, 5.74) is 0. The minimum atomic E-state index is -0.559. The van der Waals surface area contributed by atoms with Crippen LogP contribution in [-0.4, -0.2) is 14.8 Å². The molecule has 0 aromatic heterocycles. The number of hydrogen-bond donors (Lipinski definition) is 1. The standard InChI is InChI=1S/C10H14OS/c1-2-3-6-9-7-4-5-8-10(9,11)12-9/h4-5,7-8,11H,2-3,6H2,1H3. The van der Waals surface area contributed by atoms with Crippen LogP contribution in [0.25, 0.3) is 0 Å². The second-order valence-electron chi connectivity index (χ2n) is 3.51. The molecule has 1 aliphatic carbocycles. The van der Waals surface area contributed by atoms with Crippen molar-refractivity contribution < 1.29 is 5.11 Å². The van der Waals surface area contributed by atoms with Gasteiger partial charge in [0.15, 0.2) is 0 Å². The summed E-state index contributed by atoms with van der Waals surface area (Å²) in [4.78, 5) is -0.559. The second-order valence-corrected chi connectivity index (χ2v) is 5.06. The lowest BCUT2D eigenvalue weighted by atomic mass is 9.92. The van der Waals surface area contributed by atoms with E-state index in [0.29, 0.717) is 0 Å². The lowest BCUT2D eigenvalue weighted by Crippen LogP contribution is -2.23. The van der Waals surface area contributed by atoms with Crippen LogP contribution in [0.15, 0.2) is 24.3 Å². The fraction of sp³-hybridized carbons (Fsp3) is 0.600. The van der Waals surface area contributed by atoms with Crippen molar-refractivity contribution in [1.29, 1.82) is 0 Å². The van der Waals surface area contributed by atoms with Gasteiger partial charge in [-0.1, -0.05) is 38.0 Å². The zero-order chi connectivity index (χ0) is 8.66. The monoisotopic (exact) mass is 182 g/mol. The predicted octanol–water partition coefficient (Wildman–Crippen LogP) is 2.48. The minimum Gasteiger partial charge on any atom is -0.374 e. The van der Waals surface area contributed by atoms with Crippen LogP contribution < -0.4 is 0 Å². The molecule has 0 spiro atoms. The molecule has 0 aromatic carbocycles. The van der Waals surface area contributed by atoms with Crippen LogP contribution in [0.3, 0.4) is 0 Å². The fourth-order valence-electron chi connectivity index (χ4n) is 1.73. The number of hydrogen-bond acceptors (Lipinski definition) is 2. The molecular formula is C10H14OS. The Bertz CT molecular complexity index is 246. The SMILES string of the molecule is CCCCC12C=CC=CC1(O)S2. The van der Waals surface area contributed by atoms with E-state index in [1.165, 1.54) is 12.8 Å². The Morgan fingerprint density at radius 2 is 2.08 bits per heavy atom. The van der Waals surface area contributed by atoms with Gasteiger partial charge >= 0.3 is 0 Å². The van der Waals surface area contributed by atoms with Crippen LogP contribution in [0.2, 0.25) is 0 Å². The van der Waals surface area contributed by atoms with Gasteiger partial charge in [-0.05, 0) is 12.5 Å². The molecule has 1 nitrogen and oxygen atoms in total. The second kappa shape index (κ2) is 2.64. The molecular weight excluding hydrogens is 168 g/mol. The first-order valence-electron chi connectivity index (χ1n) is 4.52. The first kappa shape index (κ1) is 8.39. The number of unbranched alkanes of at least 4 members (excludes halogenated alkanes) is 1. The summed E-state index contributed by atoms with van der Waals surface area (Å²) in [7, 11) is 0. The van der Waals surface area contributed by atoms with E-state index in [1.54, 1.807) is 11.8 Å². The largest absolute Gasteiger partial charge is 0.374 e. The summed E-state index contributed by atoms with van der Waals surface area (Å²) < 4.78 is 0.0394. The van der Waals surface area contributed by atoms with Gasteiger partial charge in [-0.3, -0.25) is 0 Å². The quantitative estimate of drug-likeness (QED) is 0.677. The molecule has 0 saturated carbocycles. The van der Waals surface area contributed by atoms with Gasteiger partial charge in [-0.25, -0.2) is 0 Å². The average molecular weight is 182 g/mol. The molecule has 1 aliphatic heterocycles. The molecule has 1 fully saturated rings. The highest BCUT2D eigenvalue weighted by molar-refractivity contribution is 8.09. The summed E-state index contributed by atoms with van der Waals surface area (Å²) in [6, 6.07) is 0. The summed E-state index contributed by atoms with van der Waals surface area (Å²) in [5.74, 6) is 0. The Morgan fingerprint density at radius 3 is 2.75 bits per heavy atom. The molecule has 0 radical (unpaired) electrons. The van der Waals surface area contributed by atoms with Crippen molar-refractivity contribution in [3.8, 4) is 0 Å². The third-order valence-corrected chi connectivity index (χ3v) is 4.23. The molecule has 66 valence electrons. The Hall–Kier alpha value is -0.210. The molecule has 2 rings (SSSR count). The summed E-state index contributed by atoms with van der Waals surface area (Å²) in [6.45, 7) is 2.19. The van der Waals surface area contributed by atoms with Crippen molar-refractivity contribution in [2.24, 2.45) is 0 Å². The molecule has 0 bridgehead atoms. The van der Waals surface area contributed by atoms with Gasteiger partial charge in [-0.2, -0.15) is 0 Å². The number of allylic oxidation sites excluding steroid dienone is 2. The van der Waals surface area contributed by atoms with Crippen LogP contribution in [0.4, 0.5) is 0 Å². The van der Waals surface area contributed by atoms with Crippen LogP contribution in [0.5, 0.6) is 0 Å². The van der Waals surface area contributed by atoms with E-state index in [9.17, 15) is 5.11 Å². The first-order chi connectivity index (χ1) is 5.72. The number of thioether (sulfide) groups is 1. The lowest BCUT2D eigenvalue weighted by molar-refractivity contribution is 0.194. The third kappa shape index (κ3) is 1.05. The maximum absolute atomic E-state index is 9.95. The molecule has 1 N–H and O–H groups in total. The van der Waals surface area contributed by atoms with Gasteiger partial charge in [-0.15, -0.1) is 11.8 Å². The van der Waals surface area contributed by atoms with Crippen molar-refractivity contribution in [2.75, 3.05) is 0 Å². The van der Waals surface area contributed by atoms with Gasteiger partial charge in [0.25, 0.3) is 0 Å². The van der Waals surface area contributed by atoms with Crippen molar-refractivity contribution in [2.45, 2.75) is 35.9 Å². The average Bonchev–Trinajstić information content (AvgIpc) is 2.68. The predicted molar refractivity (Wildman–Crippen MR) is 53.1 cm³/mol. The van der Waals surface area contributed by atoms with Crippen molar-refractivity contribution in [3.05, 3.63) is 24.3 Å². The van der Waals surface area contributed by atoms with Crippen LogP contribution in [-0.2, 0) is 0 Å². The first-order valence-corrected chi connectivity index (χ1v) is 5.34. The topological polar surface area (TPSA) is 20.2 Å². The molecule has 2 aliphatic rings. The Balaban J connectivity index is 2.06. The van der Waals surface area contributed by atoms with Gasteiger partial charge < -0.3 is 5.11 Å². The Kier molecular flexibility index (Phi) is 1.85. The van der Waals surface area contributed by atoms with Crippen LogP contribution in [0.1, 0.15) is 26.2 Å². The van der Waals surface area contributed by atoms with E-state index < -0.39 is 4.93 Å². The highest BCUT2D eigenvalue weighted by Gasteiger charge is 2.65. The van der Waals surface area contributed by atoms with Gasteiger partial charge in [0.1, 0.15) is 4.93 Å². The Labute approximate surface area is 77.6 Å². The zero-order valence-corrected chi connectivity index (χ0v) is 8.10. The van der Waals surface area contributed by atoms with Crippen LogP contribution in [0, 0.1) is 0 Å². The van der Waals surface area contributed by atoms with Crippen molar-refractivity contribution in [1.82, 2.24) is 0 Å². The molecule has 2 heteroatoms. The van der Waals surface area contributed by atoms with Gasteiger partial charge in [0.2, 0.25) is 0 Å². The number of aliphatic hydroxyl groups is 1. The molecule has 12 heavy (non-hydrogen) atoms. The van der Waals surface area contributed by atoms with Gasteiger partial charge in [0, 0.05) is 0 Å². The molecule has 2 unspecified atom stereocenters. The summed E-state index contributed by atoms with van der Waals surface area (Å²) in [5, 5.41) is 9.95. The smallest absolute Gasteiger partial charge is 0.148 e. The number of rotatable bonds is 3. The highest BCUT2D eigenvalue weighted by Crippen LogP contribution is 2.67. The highest BCUT2D eigenvalue weighted by atomic mass is 32.2. The molecule has 2 atom stereocenters. The van der Waals surface area contributed by atoms with E-state index in [0.717, 1.165) is 6.42 Å². The van der Waals surface area contributed by atoms with E-state index in [-0.39, 0.29) is 4.75 Å². The van der Waals surface area contributed by atoms with E-state index in [1.807, 2.05) is 18.2 Å². The molecule has 0 amide bonds. The van der Waals surface area contributed by atoms with Crippen molar-refractivity contribution >= 4 is 11.8 Å². The Morgan fingerprint density at radius 1 is 1.33 bits per heavy atom. The maximum Gasteiger partial charge on any atom is 0.148 e. The number of fused-ring (bicyclic) bond motifs is 1. The maximum atomic E-state index is 9.95. The summed E-state index contributed by atoms with van der Waals surface area (Å²) >= 11 is 1.67. The fourth-order valence-corrected chi connectivity index (χ4v) is 3.01. The molecule has 1 saturated heterocycles. The minimum absolute atomic E-state index is 0.0394. The van der Waals surface area contributed by atoms with Crippen molar-refractivity contribution in [3.63, 3.8) is 0 Å². The van der Waals surface area contributed by atoms with E-state index in [4.69, 9.17) is 0 Å². The third-order valence-electron chi connectivity index (χ3n) is 2.60. The van der Waals surface area contributed by atoms with E-state index in [2.05, 4.69) is 13.0 Å². The summed E-state index contributed by atoms with van der Waals surface area (Å²) in [6.07, 6.45) is 11.5. The molecule has 1 heterocycles. The van der Waals surface area contributed by atoms with Gasteiger partial charge in [0.05, 0.1) is 4.75 Å². The van der Waals surface area contributed by atoms with E-state index >= 15 is 0 Å². The normalized spacial score (nSPS) is 42.8.